The number of amides is 1. The molecule has 4 heteroatoms. The number of carbonyl (C=O) groups excluding carboxylic acids is 1. The largest absolute Gasteiger partial charge is 0.378 e. The molecule has 1 aromatic carbocycles. The standard InChI is InChI=1S/C16H24N2O2/c17-15(13-6-2-1-3-7-13)12-16(19)18-10-9-14-8-4-5-11-20-14/h1-3,6-7,14-15H,4-5,8-12,17H2,(H,18,19). The monoisotopic (exact) mass is 276 g/mol. The van der Waals surface area contributed by atoms with E-state index in [9.17, 15) is 4.79 Å². The van der Waals surface area contributed by atoms with E-state index in [-0.39, 0.29) is 11.9 Å². The van der Waals surface area contributed by atoms with Crippen LogP contribution in [0, 0.1) is 0 Å². The number of rotatable bonds is 6. The molecule has 20 heavy (non-hydrogen) atoms. The van der Waals surface area contributed by atoms with Crippen molar-refractivity contribution in [3.63, 3.8) is 0 Å². The van der Waals surface area contributed by atoms with E-state index in [1.54, 1.807) is 0 Å². The van der Waals surface area contributed by atoms with Crippen LogP contribution in [-0.2, 0) is 9.53 Å². The summed E-state index contributed by atoms with van der Waals surface area (Å²) in [6.45, 7) is 1.53. The molecule has 1 aromatic rings. The van der Waals surface area contributed by atoms with Crippen molar-refractivity contribution in [3.8, 4) is 0 Å². The lowest BCUT2D eigenvalue weighted by atomic mass is 10.0. The summed E-state index contributed by atoms with van der Waals surface area (Å²) in [4.78, 5) is 11.8. The predicted octanol–water partition coefficient (Wildman–Crippen LogP) is 2.15. The molecule has 1 amide bonds. The maximum atomic E-state index is 11.8. The van der Waals surface area contributed by atoms with Gasteiger partial charge in [-0.1, -0.05) is 30.3 Å². The van der Waals surface area contributed by atoms with Crippen molar-refractivity contribution in [1.29, 1.82) is 0 Å². The average molecular weight is 276 g/mol. The zero-order chi connectivity index (χ0) is 14.2. The second-order valence-electron chi connectivity index (χ2n) is 5.35. The maximum Gasteiger partial charge on any atom is 0.221 e. The SMILES string of the molecule is NC(CC(=O)NCCC1CCCCO1)c1ccccc1. The van der Waals surface area contributed by atoms with Gasteiger partial charge in [0.2, 0.25) is 5.91 Å². The van der Waals surface area contributed by atoms with Crippen molar-refractivity contribution in [1.82, 2.24) is 5.32 Å². The molecule has 1 fully saturated rings. The third kappa shape index (κ3) is 4.94. The van der Waals surface area contributed by atoms with E-state index in [0.29, 0.717) is 19.1 Å². The van der Waals surface area contributed by atoms with Crippen LogP contribution in [0.1, 0.15) is 43.7 Å². The highest BCUT2D eigenvalue weighted by atomic mass is 16.5. The summed E-state index contributed by atoms with van der Waals surface area (Å²) in [5.74, 6) is 0.0113. The van der Waals surface area contributed by atoms with E-state index >= 15 is 0 Å². The van der Waals surface area contributed by atoms with Crippen molar-refractivity contribution in [2.45, 2.75) is 44.2 Å². The molecule has 0 aromatic heterocycles. The Balaban J connectivity index is 1.65. The summed E-state index contributed by atoms with van der Waals surface area (Å²) < 4.78 is 5.63. The molecule has 0 bridgehead atoms. The van der Waals surface area contributed by atoms with Crippen LogP contribution in [0.5, 0.6) is 0 Å². The minimum atomic E-state index is -0.234. The second kappa shape index (κ2) is 8.02. The molecule has 1 saturated heterocycles. The van der Waals surface area contributed by atoms with E-state index in [4.69, 9.17) is 10.5 Å². The quantitative estimate of drug-likeness (QED) is 0.836. The van der Waals surface area contributed by atoms with Gasteiger partial charge in [-0.3, -0.25) is 4.79 Å². The number of hydrogen-bond acceptors (Lipinski definition) is 3. The van der Waals surface area contributed by atoms with E-state index in [1.165, 1.54) is 6.42 Å². The summed E-state index contributed by atoms with van der Waals surface area (Å²) >= 11 is 0. The fourth-order valence-electron chi connectivity index (χ4n) is 2.50. The minimum absolute atomic E-state index is 0.0113. The van der Waals surface area contributed by atoms with Crippen LogP contribution in [0.15, 0.2) is 30.3 Å². The highest BCUT2D eigenvalue weighted by molar-refractivity contribution is 5.76. The van der Waals surface area contributed by atoms with Gasteiger partial charge in [0.1, 0.15) is 0 Å². The molecule has 0 saturated carbocycles. The Hall–Kier alpha value is -1.39. The molecule has 1 aliphatic rings. The molecule has 2 unspecified atom stereocenters. The van der Waals surface area contributed by atoms with Gasteiger partial charge in [-0.2, -0.15) is 0 Å². The van der Waals surface area contributed by atoms with Gasteiger partial charge in [-0.25, -0.2) is 0 Å². The van der Waals surface area contributed by atoms with Crippen LogP contribution < -0.4 is 11.1 Å². The van der Waals surface area contributed by atoms with Gasteiger partial charge in [-0.05, 0) is 31.2 Å². The first-order valence-electron chi connectivity index (χ1n) is 7.44. The summed E-state index contributed by atoms with van der Waals surface area (Å²) in [6.07, 6.45) is 5.04. The Morgan fingerprint density at radius 2 is 2.15 bits per heavy atom. The molecular formula is C16H24N2O2. The number of ether oxygens (including phenoxy) is 1. The molecule has 110 valence electrons. The first-order valence-corrected chi connectivity index (χ1v) is 7.44. The van der Waals surface area contributed by atoms with Crippen molar-refractivity contribution < 1.29 is 9.53 Å². The Labute approximate surface area is 120 Å². The van der Waals surface area contributed by atoms with Gasteiger partial charge in [0.05, 0.1) is 6.10 Å². The van der Waals surface area contributed by atoms with Gasteiger partial charge >= 0.3 is 0 Å². The van der Waals surface area contributed by atoms with E-state index in [2.05, 4.69) is 5.32 Å². The summed E-state index contributed by atoms with van der Waals surface area (Å²) in [5.41, 5.74) is 7.02. The van der Waals surface area contributed by atoms with Gasteiger partial charge < -0.3 is 15.8 Å². The fraction of sp³-hybridized carbons (Fsp3) is 0.562. The fourth-order valence-corrected chi connectivity index (χ4v) is 2.50. The van der Waals surface area contributed by atoms with Crippen molar-refractivity contribution in [2.75, 3.05) is 13.2 Å². The lowest BCUT2D eigenvalue weighted by Gasteiger charge is -2.22. The average Bonchev–Trinajstić information content (AvgIpc) is 2.49. The Bertz CT molecular complexity index is 402. The molecule has 1 aliphatic heterocycles. The topological polar surface area (TPSA) is 64.4 Å². The van der Waals surface area contributed by atoms with Gasteiger partial charge in [0.25, 0.3) is 0 Å². The normalized spacial score (nSPS) is 20.4. The summed E-state index contributed by atoms with van der Waals surface area (Å²) in [7, 11) is 0. The molecular weight excluding hydrogens is 252 g/mol. The Morgan fingerprint density at radius 1 is 1.35 bits per heavy atom. The number of benzene rings is 1. The Morgan fingerprint density at radius 3 is 2.85 bits per heavy atom. The van der Waals surface area contributed by atoms with E-state index in [1.807, 2.05) is 30.3 Å². The van der Waals surface area contributed by atoms with Crippen molar-refractivity contribution >= 4 is 5.91 Å². The molecule has 2 atom stereocenters. The van der Waals surface area contributed by atoms with Crippen LogP contribution >= 0.6 is 0 Å². The first-order chi connectivity index (χ1) is 9.75. The van der Waals surface area contributed by atoms with Gasteiger partial charge in [0, 0.05) is 25.6 Å². The minimum Gasteiger partial charge on any atom is -0.378 e. The molecule has 0 radical (unpaired) electrons. The third-order valence-corrected chi connectivity index (χ3v) is 3.70. The number of hydrogen-bond donors (Lipinski definition) is 2. The molecule has 3 N–H and O–H groups in total. The molecule has 0 aliphatic carbocycles. The molecule has 1 heterocycles. The highest BCUT2D eigenvalue weighted by Crippen LogP contribution is 2.15. The molecule has 2 rings (SSSR count). The maximum absolute atomic E-state index is 11.8. The Kier molecular flexibility index (Phi) is 6.02. The highest BCUT2D eigenvalue weighted by Gasteiger charge is 2.15. The number of nitrogens with one attached hydrogen (secondary N) is 1. The predicted molar refractivity (Wildman–Crippen MR) is 79.2 cm³/mol. The third-order valence-electron chi connectivity index (χ3n) is 3.70. The molecule has 4 nitrogen and oxygen atoms in total. The van der Waals surface area contributed by atoms with Crippen LogP contribution in [0.4, 0.5) is 0 Å². The zero-order valence-electron chi connectivity index (χ0n) is 11.9. The van der Waals surface area contributed by atoms with Crippen LogP contribution in [0.2, 0.25) is 0 Å². The number of nitrogens with two attached hydrogens (primary N) is 1. The summed E-state index contributed by atoms with van der Waals surface area (Å²) in [6, 6.07) is 9.49. The first kappa shape index (κ1) is 15.0. The van der Waals surface area contributed by atoms with E-state index in [0.717, 1.165) is 31.4 Å². The lowest BCUT2D eigenvalue weighted by molar-refractivity contribution is -0.121. The smallest absolute Gasteiger partial charge is 0.221 e. The zero-order valence-corrected chi connectivity index (χ0v) is 11.9. The summed E-state index contributed by atoms with van der Waals surface area (Å²) in [5, 5.41) is 2.93. The van der Waals surface area contributed by atoms with Gasteiger partial charge in [-0.15, -0.1) is 0 Å². The van der Waals surface area contributed by atoms with Crippen LogP contribution in [-0.4, -0.2) is 25.2 Å². The number of carbonyl (C=O) groups is 1. The molecule has 0 spiro atoms. The van der Waals surface area contributed by atoms with E-state index < -0.39 is 0 Å². The van der Waals surface area contributed by atoms with Crippen LogP contribution in [0.25, 0.3) is 0 Å². The second-order valence-corrected chi connectivity index (χ2v) is 5.35. The van der Waals surface area contributed by atoms with Crippen molar-refractivity contribution in [3.05, 3.63) is 35.9 Å². The van der Waals surface area contributed by atoms with Gasteiger partial charge in [0.15, 0.2) is 0 Å². The lowest BCUT2D eigenvalue weighted by Crippen LogP contribution is -2.31. The van der Waals surface area contributed by atoms with Crippen molar-refractivity contribution in [2.24, 2.45) is 5.73 Å². The van der Waals surface area contributed by atoms with Crippen LogP contribution in [0.3, 0.4) is 0 Å².